The number of nitro benzene ring substituents is 1. The van der Waals surface area contributed by atoms with E-state index in [1.807, 2.05) is 13.8 Å². The molecular weight excluding hydrogens is 478 g/mol. The number of carbonyl (C=O) groups excluding carboxylic acids is 2. The molecule has 2 N–H and O–H groups in total. The highest BCUT2D eigenvalue weighted by Crippen LogP contribution is 2.42. The maximum absolute atomic E-state index is 13.1. The van der Waals surface area contributed by atoms with Crippen LogP contribution in [-0.4, -0.2) is 69.9 Å². The van der Waals surface area contributed by atoms with Gasteiger partial charge in [-0.1, -0.05) is 31.5 Å². The number of nitro groups is 1. The number of amides is 1. The van der Waals surface area contributed by atoms with Crippen molar-refractivity contribution in [2.45, 2.75) is 19.9 Å². The zero-order valence-corrected chi connectivity index (χ0v) is 20.3. The van der Waals surface area contributed by atoms with Crippen molar-refractivity contribution in [1.29, 1.82) is 0 Å². The summed E-state index contributed by atoms with van der Waals surface area (Å²) < 4.78 is 5.19. The predicted molar refractivity (Wildman–Crippen MR) is 130 cm³/mol. The minimum Gasteiger partial charge on any atom is -0.507 e. The first kappa shape index (κ1) is 26.0. The maximum Gasteiger partial charge on any atom is 0.311 e. The lowest BCUT2D eigenvalue weighted by Crippen LogP contribution is -2.38. The van der Waals surface area contributed by atoms with Gasteiger partial charge in [-0.25, -0.2) is 0 Å². The topological polar surface area (TPSA) is 133 Å². The summed E-state index contributed by atoms with van der Waals surface area (Å²) in [5.74, 6) is -2.52. The third-order valence-electron chi connectivity index (χ3n) is 6.03. The molecule has 0 radical (unpaired) electrons. The van der Waals surface area contributed by atoms with E-state index in [2.05, 4.69) is 4.90 Å². The fraction of sp³-hybridized carbons (Fsp3) is 0.333. The van der Waals surface area contributed by atoms with Crippen LogP contribution in [0.5, 0.6) is 11.5 Å². The van der Waals surface area contributed by atoms with Gasteiger partial charge < -0.3 is 24.7 Å². The average Bonchev–Trinajstić information content (AvgIpc) is 3.09. The molecule has 1 amide bonds. The number of phenolic OH excluding ortho intramolecular Hbond substituents is 1. The number of aromatic hydroxyl groups is 1. The summed E-state index contributed by atoms with van der Waals surface area (Å²) in [5, 5.41) is 32.8. The number of likely N-dealkylation sites (tertiary alicyclic amines) is 1. The van der Waals surface area contributed by atoms with Crippen LogP contribution in [0.2, 0.25) is 5.02 Å². The maximum atomic E-state index is 13.1. The Morgan fingerprint density at radius 1 is 1.20 bits per heavy atom. The van der Waals surface area contributed by atoms with Gasteiger partial charge in [-0.2, -0.15) is 0 Å². The lowest BCUT2D eigenvalue weighted by atomic mass is 9.94. The number of nitrogens with zero attached hydrogens (tertiary/aromatic N) is 3. The van der Waals surface area contributed by atoms with E-state index in [0.717, 1.165) is 25.2 Å². The molecule has 186 valence electrons. The number of likely N-dealkylation sites (N-methyl/N-ethyl adjacent to an activating group) is 1. The summed E-state index contributed by atoms with van der Waals surface area (Å²) in [5.41, 5.74) is -0.411. The SMILES string of the molecule is CCN(CC)CCN1C(=O)C(=O)/C(=C(\O)c2ccc(Cl)c(OC)c2)C1c1ccc(O)c([N+](=O)[O-])c1. The third kappa shape index (κ3) is 5.08. The van der Waals surface area contributed by atoms with E-state index in [1.54, 1.807) is 0 Å². The molecule has 0 saturated carbocycles. The van der Waals surface area contributed by atoms with Crippen LogP contribution in [0.4, 0.5) is 5.69 Å². The lowest BCUT2D eigenvalue weighted by molar-refractivity contribution is -0.385. The van der Waals surface area contributed by atoms with Gasteiger partial charge in [0.2, 0.25) is 0 Å². The first-order valence-corrected chi connectivity index (χ1v) is 11.3. The second-order valence-corrected chi connectivity index (χ2v) is 8.28. The van der Waals surface area contributed by atoms with Gasteiger partial charge in [0.25, 0.3) is 11.7 Å². The van der Waals surface area contributed by atoms with E-state index >= 15 is 0 Å². The standard InChI is InChI=1S/C24H26ClN3O7/c1-4-26(5-2)10-11-27-21(14-7-9-18(29)17(12-14)28(33)34)20(23(31)24(27)32)22(30)15-6-8-16(25)19(13-15)35-3/h6-9,12-13,21,29-30H,4-5,10-11H2,1-3H3/b22-20-. The van der Waals surface area contributed by atoms with Gasteiger partial charge in [-0.3, -0.25) is 19.7 Å². The van der Waals surface area contributed by atoms with Crippen LogP contribution in [0.1, 0.15) is 31.0 Å². The fourth-order valence-corrected chi connectivity index (χ4v) is 4.26. The molecule has 1 heterocycles. The Hall–Kier alpha value is -3.63. The van der Waals surface area contributed by atoms with Gasteiger partial charge >= 0.3 is 5.69 Å². The van der Waals surface area contributed by atoms with Crippen LogP contribution >= 0.6 is 11.6 Å². The molecule has 1 aliphatic heterocycles. The van der Waals surface area contributed by atoms with Crippen molar-refractivity contribution < 1.29 is 29.5 Å². The Labute approximate surface area is 207 Å². The Morgan fingerprint density at radius 2 is 1.89 bits per heavy atom. The van der Waals surface area contributed by atoms with Crippen LogP contribution in [-0.2, 0) is 9.59 Å². The van der Waals surface area contributed by atoms with Gasteiger partial charge in [-0.05, 0) is 42.9 Å². The number of hydrogen-bond donors (Lipinski definition) is 2. The zero-order valence-electron chi connectivity index (χ0n) is 19.5. The number of phenols is 1. The number of halogens is 1. The number of methoxy groups -OCH3 is 1. The number of ketones is 1. The number of benzene rings is 2. The number of hydrogen-bond acceptors (Lipinski definition) is 8. The van der Waals surface area contributed by atoms with Crippen molar-refractivity contribution in [2.75, 3.05) is 33.3 Å². The normalized spacial score (nSPS) is 17.3. The Kier molecular flexibility index (Phi) is 7.98. The van der Waals surface area contributed by atoms with Crippen LogP contribution < -0.4 is 4.74 Å². The summed E-state index contributed by atoms with van der Waals surface area (Å²) >= 11 is 6.08. The van der Waals surface area contributed by atoms with Gasteiger partial charge in [0.1, 0.15) is 11.5 Å². The number of aliphatic hydroxyl groups excluding tert-OH is 1. The largest absolute Gasteiger partial charge is 0.507 e. The van der Waals surface area contributed by atoms with Crippen molar-refractivity contribution in [1.82, 2.24) is 9.80 Å². The highest BCUT2D eigenvalue weighted by Gasteiger charge is 2.46. The summed E-state index contributed by atoms with van der Waals surface area (Å²) in [6.45, 7) is 5.97. The number of rotatable bonds is 9. The van der Waals surface area contributed by atoms with Gasteiger partial charge in [-0.15, -0.1) is 0 Å². The minimum absolute atomic E-state index is 0.145. The third-order valence-corrected chi connectivity index (χ3v) is 6.34. The second kappa shape index (κ2) is 10.7. The first-order chi connectivity index (χ1) is 16.6. The number of aliphatic hydroxyl groups is 1. The summed E-state index contributed by atoms with van der Waals surface area (Å²) in [6.07, 6.45) is 0. The Morgan fingerprint density at radius 3 is 2.49 bits per heavy atom. The van der Waals surface area contributed by atoms with E-state index < -0.39 is 39.9 Å². The Bertz CT molecular complexity index is 1190. The van der Waals surface area contributed by atoms with Crippen molar-refractivity contribution in [2.24, 2.45) is 0 Å². The molecule has 0 aliphatic carbocycles. The molecule has 2 aromatic rings. The van der Waals surface area contributed by atoms with E-state index in [0.29, 0.717) is 6.54 Å². The number of ether oxygens (including phenoxy) is 1. The first-order valence-electron chi connectivity index (χ1n) is 11.0. The van der Waals surface area contributed by atoms with Crippen molar-refractivity contribution in [3.05, 3.63) is 68.2 Å². The monoisotopic (exact) mass is 503 g/mol. The summed E-state index contributed by atoms with van der Waals surface area (Å²) in [6, 6.07) is 6.89. The molecular formula is C24H26ClN3O7. The predicted octanol–water partition coefficient (Wildman–Crippen LogP) is 3.73. The molecule has 0 bridgehead atoms. The quantitative estimate of drug-likeness (QED) is 0.174. The molecule has 1 saturated heterocycles. The van der Waals surface area contributed by atoms with E-state index in [4.69, 9.17) is 16.3 Å². The van der Waals surface area contributed by atoms with Crippen molar-refractivity contribution in [3.8, 4) is 11.5 Å². The minimum atomic E-state index is -1.11. The van der Waals surface area contributed by atoms with Crippen molar-refractivity contribution >= 4 is 34.7 Å². The number of Topliss-reactive ketones (excluding diaryl/α,β-unsaturated/α-hetero) is 1. The van der Waals surface area contributed by atoms with Crippen LogP contribution in [0, 0.1) is 10.1 Å². The smallest absolute Gasteiger partial charge is 0.311 e. The lowest BCUT2D eigenvalue weighted by Gasteiger charge is -2.28. The molecule has 10 nitrogen and oxygen atoms in total. The van der Waals surface area contributed by atoms with Gasteiger partial charge in [0, 0.05) is 24.7 Å². The highest BCUT2D eigenvalue weighted by atomic mass is 35.5. The van der Waals surface area contributed by atoms with Crippen LogP contribution in [0.25, 0.3) is 5.76 Å². The average molecular weight is 504 g/mol. The number of carbonyl (C=O) groups is 2. The molecule has 1 unspecified atom stereocenters. The zero-order chi connectivity index (χ0) is 25.9. The molecule has 35 heavy (non-hydrogen) atoms. The van der Waals surface area contributed by atoms with Crippen LogP contribution in [0.15, 0.2) is 42.0 Å². The van der Waals surface area contributed by atoms with E-state index in [1.165, 1.54) is 36.3 Å². The second-order valence-electron chi connectivity index (χ2n) is 7.87. The molecule has 0 spiro atoms. The molecule has 11 heteroatoms. The molecule has 1 atom stereocenters. The molecule has 1 fully saturated rings. The Balaban J connectivity index is 2.20. The fourth-order valence-electron chi connectivity index (χ4n) is 4.07. The van der Waals surface area contributed by atoms with E-state index in [-0.39, 0.29) is 34.0 Å². The van der Waals surface area contributed by atoms with Gasteiger partial charge in [0.05, 0.1) is 28.7 Å². The highest BCUT2D eigenvalue weighted by molar-refractivity contribution is 6.46. The van der Waals surface area contributed by atoms with Crippen LogP contribution in [0.3, 0.4) is 0 Å². The molecule has 1 aliphatic rings. The summed E-state index contributed by atoms with van der Waals surface area (Å²) in [7, 11) is 1.40. The summed E-state index contributed by atoms with van der Waals surface area (Å²) in [4.78, 5) is 40.2. The molecule has 2 aromatic carbocycles. The van der Waals surface area contributed by atoms with E-state index in [9.17, 15) is 29.9 Å². The molecule has 3 rings (SSSR count). The molecule has 0 aromatic heterocycles. The van der Waals surface area contributed by atoms with Gasteiger partial charge in [0.15, 0.2) is 5.75 Å². The van der Waals surface area contributed by atoms with Crippen molar-refractivity contribution in [3.63, 3.8) is 0 Å².